The van der Waals surface area contributed by atoms with Gasteiger partial charge in [0.2, 0.25) is 0 Å². The third kappa shape index (κ3) is 2.03. The van der Waals surface area contributed by atoms with Gasteiger partial charge in [0.25, 0.3) is 5.56 Å². The maximum absolute atomic E-state index is 11.7. The summed E-state index contributed by atoms with van der Waals surface area (Å²) in [5.74, 6) is 0. The molecule has 0 saturated carbocycles. The molecule has 0 radical (unpaired) electrons. The van der Waals surface area contributed by atoms with Crippen molar-refractivity contribution in [2.75, 3.05) is 7.11 Å². The molecule has 16 heavy (non-hydrogen) atoms. The van der Waals surface area contributed by atoms with Crippen molar-refractivity contribution in [2.45, 2.75) is 6.61 Å². The standard InChI is InChI=1S/C11H11ClN2O2/c1-16-7-8-6-11(15)14(13-8)10-5-3-2-4-9(10)12/h2-6,13H,7H2,1H3. The van der Waals surface area contributed by atoms with Gasteiger partial charge in [0.1, 0.15) is 0 Å². The van der Waals surface area contributed by atoms with Crippen molar-refractivity contribution in [1.82, 2.24) is 9.78 Å². The van der Waals surface area contributed by atoms with Crippen LogP contribution in [-0.2, 0) is 11.3 Å². The van der Waals surface area contributed by atoms with Crippen molar-refractivity contribution in [3.63, 3.8) is 0 Å². The molecule has 0 saturated heterocycles. The Morgan fingerprint density at radius 2 is 2.19 bits per heavy atom. The zero-order valence-electron chi connectivity index (χ0n) is 8.74. The quantitative estimate of drug-likeness (QED) is 0.889. The molecule has 4 nitrogen and oxygen atoms in total. The van der Waals surface area contributed by atoms with Crippen LogP contribution in [0.4, 0.5) is 0 Å². The minimum absolute atomic E-state index is 0.153. The first-order valence-electron chi connectivity index (χ1n) is 4.77. The second-order valence-corrected chi connectivity index (χ2v) is 3.75. The average Bonchev–Trinajstić information content (AvgIpc) is 2.61. The highest BCUT2D eigenvalue weighted by Gasteiger charge is 2.07. The van der Waals surface area contributed by atoms with Crippen LogP contribution in [-0.4, -0.2) is 16.9 Å². The number of rotatable bonds is 3. The van der Waals surface area contributed by atoms with E-state index < -0.39 is 0 Å². The summed E-state index contributed by atoms with van der Waals surface area (Å²) < 4.78 is 6.35. The van der Waals surface area contributed by atoms with Gasteiger partial charge in [-0.05, 0) is 12.1 Å². The second kappa shape index (κ2) is 4.55. The molecule has 0 fully saturated rings. The number of benzene rings is 1. The van der Waals surface area contributed by atoms with Crippen LogP contribution < -0.4 is 5.56 Å². The normalized spacial score (nSPS) is 10.6. The van der Waals surface area contributed by atoms with Crippen molar-refractivity contribution >= 4 is 11.6 Å². The average molecular weight is 239 g/mol. The summed E-state index contributed by atoms with van der Waals surface area (Å²) in [4.78, 5) is 11.7. The molecule has 0 aliphatic carbocycles. The van der Waals surface area contributed by atoms with Crippen LogP contribution in [0.2, 0.25) is 5.02 Å². The molecular weight excluding hydrogens is 228 g/mol. The first-order chi connectivity index (χ1) is 7.72. The van der Waals surface area contributed by atoms with Crippen molar-refractivity contribution < 1.29 is 4.74 Å². The number of aromatic nitrogens is 2. The minimum Gasteiger partial charge on any atom is -0.378 e. The summed E-state index contributed by atoms with van der Waals surface area (Å²) in [6, 6.07) is 8.64. The summed E-state index contributed by atoms with van der Waals surface area (Å²) in [7, 11) is 1.57. The molecule has 5 heteroatoms. The number of methoxy groups -OCH3 is 1. The molecule has 0 spiro atoms. The van der Waals surface area contributed by atoms with Gasteiger partial charge in [0.05, 0.1) is 23.0 Å². The van der Waals surface area contributed by atoms with E-state index in [1.165, 1.54) is 10.7 Å². The van der Waals surface area contributed by atoms with E-state index in [2.05, 4.69) is 5.10 Å². The van der Waals surface area contributed by atoms with Gasteiger partial charge in [-0.15, -0.1) is 0 Å². The number of hydrogen-bond acceptors (Lipinski definition) is 2. The first kappa shape index (κ1) is 11.0. The van der Waals surface area contributed by atoms with E-state index in [1.807, 2.05) is 12.1 Å². The Morgan fingerprint density at radius 1 is 1.44 bits per heavy atom. The Morgan fingerprint density at radius 3 is 2.88 bits per heavy atom. The Hall–Kier alpha value is -1.52. The van der Waals surface area contributed by atoms with Crippen molar-refractivity contribution in [2.24, 2.45) is 0 Å². The maximum atomic E-state index is 11.7. The Balaban J connectivity index is 2.48. The second-order valence-electron chi connectivity index (χ2n) is 3.34. The van der Waals surface area contributed by atoms with Crippen LogP contribution in [0.3, 0.4) is 0 Å². The molecule has 1 aromatic carbocycles. The maximum Gasteiger partial charge on any atom is 0.271 e. The lowest BCUT2D eigenvalue weighted by atomic mass is 10.3. The van der Waals surface area contributed by atoms with Gasteiger partial charge in [0.15, 0.2) is 0 Å². The van der Waals surface area contributed by atoms with Crippen molar-refractivity contribution in [3.8, 4) is 5.69 Å². The third-order valence-corrected chi connectivity index (χ3v) is 2.49. The number of aromatic amines is 1. The van der Waals surface area contributed by atoms with E-state index in [0.717, 1.165) is 0 Å². The fourth-order valence-electron chi connectivity index (χ4n) is 1.49. The molecule has 2 rings (SSSR count). The van der Waals surface area contributed by atoms with Gasteiger partial charge in [-0.25, -0.2) is 4.68 Å². The van der Waals surface area contributed by atoms with E-state index in [4.69, 9.17) is 16.3 Å². The highest BCUT2D eigenvalue weighted by Crippen LogP contribution is 2.17. The van der Waals surface area contributed by atoms with Crippen LogP contribution in [0.5, 0.6) is 0 Å². The Bertz CT molecular complexity index is 545. The predicted octanol–water partition coefficient (Wildman–Crippen LogP) is 1.97. The molecule has 0 bridgehead atoms. The van der Waals surface area contributed by atoms with Crippen LogP contribution >= 0.6 is 11.6 Å². The summed E-state index contributed by atoms with van der Waals surface area (Å²) in [6.07, 6.45) is 0. The molecule has 0 atom stereocenters. The SMILES string of the molecule is COCc1cc(=O)n(-c2ccccc2Cl)[nH]1. The zero-order valence-corrected chi connectivity index (χ0v) is 9.49. The minimum atomic E-state index is -0.153. The lowest BCUT2D eigenvalue weighted by molar-refractivity contribution is 0.181. The molecule has 0 aliphatic rings. The molecular formula is C11H11ClN2O2. The van der Waals surface area contributed by atoms with Gasteiger partial charge in [-0.2, -0.15) is 0 Å². The molecule has 0 aliphatic heterocycles. The smallest absolute Gasteiger partial charge is 0.271 e. The Labute approximate surface area is 97.4 Å². The Kier molecular flexibility index (Phi) is 3.12. The van der Waals surface area contributed by atoms with Crippen LogP contribution in [0.1, 0.15) is 5.69 Å². The summed E-state index contributed by atoms with van der Waals surface area (Å²) >= 11 is 6.01. The highest BCUT2D eigenvalue weighted by molar-refractivity contribution is 6.32. The van der Waals surface area contributed by atoms with E-state index in [9.17, 15) is 4.79 Å². The number of hydrogen-bond donors (Lipinski definition) is 1. The third-order valence-electron chi connectivity index (χ3n) is 2.17. The summed E-state index contributed by atoms with van der Waals surface area (Å²) in [5.41, 5.74) is 1.20. The summed E-state index contributed by atoms with van der Waals surface area (Å²) in [6.45, 7) is 0.368. The van der Waals surface area contributed by atoms with Gasteiger partial charge in [-0.3, -0.25) is 9.89 Å². The monoisotopic (exact) mass is 238 g/mol. The fourth-order valence-corrected chi connectivity index (χ4v) is 1.71. The van der Waals surface area contributed by atoms with Crippen LogP contribution in [0.25, 0.3) is 5.69 Å². The summed E-state index contributed by atoms with van der Waals surface area (Å²) in [5, 5.41) is 3.46. The molecule has 1 aromatic heterocycles. The zero-order chi connectivity index (χ0) is 11.5. The van der Waals surface area contributed by atoms with Gasteiger partial charge < -0.3 is 4.74 Å². The number of nitrogens with zero attached hydrogens (tertiary/aromatic N) is 1. The lowest BCUT2D eigenvalue weighted by Gasteiger charge is -2.03. The number of para-hydroxylation sites is 1. The first-order valence-corrected chi connectivity index (χ1v) is 5.15. The molecule has 0 unspecified atom stereocenters. The van der Waals surface area contributed by atoms with Gasteiger partial charge in [-0.1, -0.05) is 23.7 Å². The number of nitrogens with one attached hydrogen (secondary N) is 1. The van der Waals surface area contributed by atoms with Crippen LogP contribution in [0, 0.1) is 0 Å². The van der Waals surface area contributed by atoms with E-state index >= 15 is 0 Å². The van der Waals surface area contributed by atoms with E-state index in [-0.39, 0.29) is 5.56 Å². The molecule has 2 aromatic rings. The largest absolute Gasteiger partial charge is 0.378 e. The molecule has 1 heterocycles. The highest BCUT2D eigenvalue weighted by atomic mass is 35.5. The molecule has 1 N–H and O–H groups in total. The van der Waals surface area contributed by atoms with E-state index in [0.29, 0.717) is 23.0 Å². The lowest BCUT2D eigenvalue weighted by Crippen LogP contribution is -2.13. The van der Waals surface area contributed by atoms with Crippen molar-refractivity contribution in [1.29, 1.82) is 0 Å². The van der Waals surface area contributed by atoms with Crippen molar-refractivity contribution in [3.05, 3.63) is 51.4 Å². The number of halogens is 1. The van der Waals surface area contributed by atoms with E-state index in [1.54, 1.807) is 19.2 Å². The van der Waals surface area contributed by atoms with Gasteiger partial charge in [0, 0.05) is 13.2 Å². The number of ether oxygens (including phenoxy) is 1. The van der Waals surface area contributed by atoms with Crippen LogP contribution in [0.15, 0.2) is 35.1 Å². The van der Waals surface area contributed by atoms with Gasteiger partial charge >= 0.3 is 0 Å². The fraction of sp³-hybridized carbons (Fsp3) is 0.182. The topological polar surface area (TPSA) is 47.0 Å². The molecule has 84 valence electrons. The predicted molar refractivity (Wildman–Crippen MR) is 62.1 cm³/mol. The number of H-pyrrole nitrogens is 1. The molecule has 0 amide bonds.